The Labute approximate surface area is 133 Å². The average molecular weight is 357 g/mol. The van der Waals surface area contributed by atoms with Gasteiger partial charge in [-0.05, 0) is 17.7 Å². The highest BCUT2D eigenvalue weighted by atomic mass is 79.9. The summed E-state index contributed by atoms with van der Waals surface area (Å²) in [6.07, 6.45) is 2.91. The normalized spacial score (nSPS) is 28.8. The molecule has 2 atom stereocenters. The van der Waals surface area contributed by atoms with Gasteiger partial charge in [0.25, 0.3) is 0 Å². The van der Waals surface area contributed by atoms with Gasteiger partial charge in [0.1, 0.15) is 6.10 Å². The molecular formula is C16H21BrO4. The molecule has 0 bridgehead atoms. The molecule has 116 valence electrons. The molecule has 0 aliphatic carbocycles. The van der Waals surface area contributed by atoms with Gasteiger partial charge in [-0.25, -0.2) is 0 Å². The van der Waals surface area contributed by atoms with Crippen molar-refractivity contribution in [2.45, 2.75) is 36.3 Å². The molecule has 2 saturated heterocycles. The SMILES string of the molecule is COc1cc(CBr)ccc1OC1CCOC2(CCOC2)C1. The highest BCUT2D eigenvalue weighted by Gasteiger charge is 2.42. The molecule has 2 aliphatic heterocycles. The van der Waals surface area contributed by atoms with Gasteiger partial charge >= 0.3 is 0 Å². The summed E-state index contributed by atoms with van der Waals surface area (Å²) in [4.78, 5) is 0. The monoisotopic (exact) mass is 356 g/mol. The maximum absolute atomic E-state index is 6.19. The van der Waals surface area contributed by atoms with E-state index in [1.807, 2.05) is 12.1 Å². The second-order valence-corrected chi connectivity index (χ2v) is 6.25. The molecule has 21 heavy (non-hydrogen) atoms. The van der Waals surface area contributed by atoms with Gasteiger partial charge in [0.15, 0.2) is 11.5 Å². The second kappa shape index (κ2) is 6.55. The summed E-state index contributed by atoms with van der Waals surface area (Å²) in [5.41, 5.74) is 1.04. The van der Waals surface area contributed by atoms with Crippen LogP contribution in [0.25, 0.3) is 0 Å². The standard InChI is InChI=1S/C16H21BrO4/c1-18-15-8-12(10-17)2-3-14(15)21-13-4-6-20-16(9-13)5-7-19-11-16/h2-3,8,13H,4-7,9-11H2,1H3. The van der Waals surface area contributed by atoms with Crippen molar-refractivity contribution in [3.05, 3.63) is 23.8 Å². The molecule has 1 aromatic rings. The van der Waals surface area contributed by atoms with Gasteiger partial charge in [-0.1, -0.05) is 22.0 Å². The first-order valence-electron chi connectivity index (χ1n) is 7.36. The molecule has 0 radical (unpaired) electrons. The van der Waals surface area contributed by atoms with E-state index in [4.69, 9.17) is 18.9 Å². The van der Waals surface area contributed by atoms with Gasteiger partial charge < -0.3 is 18.9 Å². The van der Waals surface area contributed by atoms with Crippen molar-refractivity contribution in [1.29, 1.82) is 0 Å². The minimum absolute atomic E-state index is 0.133. The van der Waals surface area contributed by atoms with Crippen LogP contribution in [0.1, 0.15) is 24.8 Å². The quantitative estimate of drug-likeness (QED) is 0.775. The van der Waals surface area contributed by atoms with Crippen LogP contribution in [0, 0.1) is 0 Å². The van der Waals surface area contributed by atoms with Crippen LogP contribution in [0.5, 0.6) is 11.5 Å². The number of ether oxygens (including phenoxy) is 4. The maximum Gasteiger partial charge on any atom is 0.161 e. The van der Waals surface area contributed by atoms with Crippen LogP contribution >= 0.6 is 15.9 Å². The molecule has 5 heteroatoms. The van der Waals surface area contributed by atoms with Crippen LogP contribution in [0.3, 0.4) is 0 Å². The lowest BCUT2D eigenvalue weighted by atomic mass is 9.91. The lowest BCUT2D eigenvalue weighted by Gasteiger charge is -2.37. The Morgan fingerprint density at radius 2 is 2.24 bits per heavy atom. The Morgan fingerprint density at radius 1 is 1.33 bits per heavy atom. The van der Waals surface area contributed by atoms with Gasteiger partial charge in [0, 0.05) is 31.2 Å². The fraction of sp³-hybridized carbons (Fsp3) is 0.625. The Balaban J connectivity index is 1.71. The van der Waals surface area contributed by atoms with Gasteiger partial charge in [0.05, 0.1) is 25.9 Å². The van der Waals surface area contributed by atoms with Gasteiger partial charge in [0.2, 0.25) is 0 Å². The molecule has 1 spiro atoms. The third-order valence-electron chi connectivity index (χ3n) is 4.19. The number of hydrogen-bond acceptors (Lipinski definition) is 4. The van der Waals surface area contributed by atoms with E-state index in [-0.39, 0.29) is 11.7 Å². The molecule has 1 aromatic carbocycles. The molecule has 0 N–H and O–H groups in total. The average Bonchev–Trinajstić information content (AvgIpc) is 2.95. The molecule has 0 saturated carbocycles. The van der Waals surface area contributed by atoms with Gasteiger partial charge in [-0.15, -0.1) is 0 Å². The van der Waals surface area contributed by atoms with E-state index in [9.17, 15) is 0 Å². The predicted octanol–water partition coefficient (Wildman–Crippen LogP) is 3.31. The molecule has 2 fully saturated rings. The molecule has 2 unspecified atom stereocenters. The number of benzene rings is 1. The summed E-state index contributed by atoms with van der Waals surface area (Å²) in [7, 11) is 1.68. The Hall–Kier alpha value is -0.780. The van der Waals surface area contributed by atoms with E-state index in [0.717, 1.165) is 49.3 Å². The zero-order valence-corrected chi connectivity index (χ0v) is 13.9. The van der Waals surface area contributed by atoms with Crippen molar-refractivity contribution in [2.75, 3.05) is 26.9 Å². The number of hydrogen-bond donors (Lipinski definition) is 0. The highest BCUT2D eigenvalue weighted by molar-refractivity contribution is 9.08. The van der Waals surface area contributed by atoms with Gasteiger partial charge in [-0.3, -0.25) is 0 Å². The molecule has 0 amide bonds. The first-order valence-corrected chi connectivity index (χ1v) is 8.48. The molecule has 3 rings (SSSR count). The number of alkyl halides is 1. The van der Waals surface area contributed by atoms with E-state index < -0.39 is 0 Å². The lowest BCUT2D eigenvalue weighted by molar-refractivity contribution is -0.112. The number of rotatable bonds is 4. The summed E-state index contributed by atoms with van der Waals surface area (Å²) in [6.45, 7) is 2.21. The lowest BCUT2D eigenvalue weighted by Crippen LogP contribution is -2.44. The first kappa shape index (κ1) is 15.1. The van der Waals surface area contributed by atoms with Crippen molar-refractivity contribution in [1.82, 2.24) is 0 Å². The Bertz CT molecular complexity index is 485. The Morgan fingerprint density at radius 3 is 2.95 bits per heavy atom. The van der Waals surface area contributed by atoms with Crippen LogP contribution in [0.2, 0.25) is 0 Å². The zero-order chi connectivity index (χ0) is 14.7. The summed E-state index contributed by atoms with van der Waals surface area (Å²) in [5.74, 6) is 1.60. The third-order valence-corrected chi connectivity index (χ3v) is 4.84. The second-order valence-electron chi connectivity index (χ2n) is 5.69. The van der Waals surface area contributed by atoms with E-state index in [1.54, 1.807) is 7.11 Å². The third kappa shape index (κ3) is 3.35. The van der Waals surface area contributed by atoms with Crippen LogP contribution in [0.15, 0.2) is 18.2 Å². The smallest absolute Gasteiger partial charge is 0.161 e. The highest BCUT2D eigenvalue weighted by Crippen LogP contribution is 2.37. The van der Waals surface area contributed by atoms with Crippen molar-refractivity contribution >= 4 is 15.9 Å². The predicted molar refractivity (Wildman–Crippen MR) is 83.4 cm³/mol. The van der Waals surface area contributed by atoms with Crippen LogP contribution in [-0.2, 0) is 14.8 Å². The summed E-state index contributed by atoms with van der Waals surface area (Å²) >= 11 is 3.46. The Kier molecular flexibility index (Phi) is 4.72. The molecule has 0 aromatic heterocycles. The van der Waals surface area contributed by atoms with Crippen molar-refractivity contribution in [3.63, 3.8) is 0 Å². The van der Waals surface area contributed by atoms with E-state index >= 15 is 0 Å². The van der Waals surface area contributed by atoms with Crippen molar-refractivity contribution in [2.24, 2.45) is 0 Å². The van der Waals surface area contributed by atoms with Crippen LogP contribution in [-0.4, -0.2) is 38.6 Å². The molecule has 2 aliphatic rings. The number of halogens is 1. The fourth-order valence-corrected chi connectivity index (χ4v) is 3.37. The van der Waals surface area contributed by atoms with Crippen LogP contribution in [0.4, 0.5) is 0 Å². The summed E-state index contributed by atoms with van der Waals surface area (Å²) in [5, 5.41) is 0.807. The van der Waals surface area contributed by atoms with Crippen LogP contribution < -0.4 is 9.47 Å². The minimum atomic E-state index is -0.133. The molecule has 4 nitrogen and oxygen atoms in total. The van der Waals surface area contributed by atoms with E-state index in [0.29, 0.717) is 6.61 Å². The molecular weight excluding hydrogens is 336 g/mol. The van der Waals surface area contributed by atoms with E-state index in [1.165, 1.54) is 5.56 Å². The van der Waals surface area contributed by atoms with Gasteiger partial charge in [-0.2, -0.15) is 0 Å². The fourth-order valence-electron chi connectivity index (χ4n) is 3.02. The maximum atomic E-state index is 6.19. The summed E-state index contributed by atoms with van der Waals surface area (Å²) < 4.78 is 23.1. The first-order chi connectivity index (χ1) is 10.2. The van der Waals surface area contributed by atoms with E-state index in [2.05, 4.69) is 22.0 Å². The largest absolute Gasteiger partial charge is 0.493 e. The summed E-state index contributed by atoms with van der Waals surface area (Å²) in [6, 6.07) is 6.06. The topological polar surface area (TPSA) is 36.9 Å². The number of methoxy groups -OCH3 is 1. The minimum Gasteiger partial charge on any atom is -0.493 e. The van der Waals surface area contributed by atoms with Crippen molar-refractivity contribution in [3.8, 4) is 11.5 Å². The zero-order valence-electron chi connectivity index (χ0n) is 12.3. The molecule has 2 heterocycles. The van der Waals surface area contributed by atoms with Crippen molar-refractivity contribution < 1.29 is 18.9 Å².